The van der Waals surface area contributed by atoms with Crippen molar-refractivity contribution >= 4 is 5.69 Å². The molecule has 2 N–H and O–H groups in total. The molecule has 0 radical (unpaired) electrons. The molecule has 0 saturated carbocycles. The van der Waals surface area contributed by atoms with Crippen LogP contribution < -0.4 is 5.73 Å². The number of nitrogens with two attached hydrogens (primary N) is 1. The van der Waals surface area contributed by atoms with Crippen molar-refractivity contribution in [1.29, 1.82) is 5.26 Å². The number of nitriles is 1. The molecule has 0 atom stereocenters. The minimum atomic E-state index is 0.659. The maximum Gasteiger partial charge on any atom is 0.122 e. The fraction of sp³-hybridized carbons (Fsp3) is 0.444. The Morgan fingerprint density at radius 3 is 2.83 bits per heavy atom. The van der Waals surface area contributed by atoms with Crippen LogP contribution in [0, 0.1) is 18.3 Å². The van der Waals surface area contributed by atoms with Crippen LogP contribution in [0.15, 0.2) is 6.07 Å². The van der Waals surface area contributed by atoms with Crippen LogP contribution in [0.4, 0.5) is 5.69 Å². The molecule has 1 aromatic heterocycles. The monoisotopic (exact) mass is 163 g/mol. The molecule has 3 heteroatoms. The van der Waals surface area contributed by atoms with Crippen LogP contribution >= 0.6 is 0 Å². The molecule has 1 heterocycles. The average molecular weight is 163 g/mol. The lowest BCUT2D eigenvalue weighted by Gasteiger charge is -2.04. The van der Waals surface area contributed by atoms with E-state index in [0.29, 0.717) is 11.4 Å². The van der Waals surface area contributed by atoms with Crippen LogP contribution in [0.5, 0.6) is 0 Å². The van der Waals surface area contributed by atoms with E-state index in [1.165, 1.54) is 0 Å². The van der Waals surface area contributed by atoms with Crippen LogP contribution in [0.3, 0.4) is 0 Å². The number of aromatic nitrogens is 1. The second kappa shape index (κ2) is 3.31. The molecular weight excluding hydrogens is 150 g/mol. The summed E-state index contributed by atoms with van der Waals surface area (Å²) in [5, 5.41) is 8.76. The zero-order valence-electron chi connectivity index (χ0n) is 7.46. The van der Waals surface area contributed by atoms with E-state index in [0.717, 1.165) is 18.7 Å². The van der Waals surface area contributed by atoms with Gasteiger partial charge in [-0.05, 0) is 19.4 Å². The second-order valence-corrected chi connectivity index (χ2v) is 2.83. The van der Waals surface area contributed by atoms with Crippen molar-refractivity contribution in [2.75, 3.05) is 5.73 Å². The predicted octanol–water partition coefficient (Wildman–Crippen LogP) is 1.66. The lowest BCUT2D eigenvalue weighted by molar-refractivity contribution is 0.659. The fourth-order valence-corrected chi connectivity index (χ4v) is 1.27. The van der Waals surface area contributed by atoms with Crippen LogP contribution in [0.1, 0.15) is 24.7 Å². The van der Waals surface area contributed by atoms with E-state index in [1.807, 2.05) is 11.5 Å². The molecule has 0 fully saturated rings. The Kier molecular flexibility index (Phi) is 2.39. The Bertz CT molecular complexity index is 317. The molecule has 0 spiro atoms. The molecule has 1 aromatic rings. The first-order valence-corrected chi connectivity index (χ1v) is 4.06. The summed E-state index contributed by atoms with van der Waals surface area (Å²) in [6, 6.07) is 3.85. The highest BCUT2D eigenvalue weighted by Crippen LogP contribution is 2.16. The van der Waals surface area contributed by atoms with Crippen molar-refractivity contribution in [3.05, 3.63) is 17.5 Å². The quantitative estimate of drug-likeness (QED) is 0.720. The normalized spacial score (nSPS) is 9.75. The number of hydrogen-bond acceptors (Lipinski definition) is 2. The van der Waals surface area contributed by atoms with Crippen LogP contribution in [-0.2, 0) is 6.54 Å². The Morgan fingerprint density at radius 1 is 1.67 bits per heavy atom. The molecule has 0 aliphatic carbocycles. The highest BCUT2D eigenvalue weighted by atomic mass is 15.0. The maximum absolute atomic E-state index is 8.76. The third kappa shape index (κ3) is 1.28. The van der Waals surface area contributed by atoms with Crippen molar-refractivity contribution in [1.82, 2.24) is 4.57 Å². The lowest BCUT2D eigenvalue weighted by Crippen LogP contribution is -2.02. The summed E-state index contributed by atoms with van der Waals surface area (Å²) in [5.41, 5.74) is 8.04. The third-order valence-corrected chi connectivity index (χ3v) is 1.97. The van der Waals surface area contributed by atoms with Crippen LogP contribution in [0.2, 0.25) is 0 Å². The topological polar surface area (TPSA) is 54.7 Å². The van der Waals surface area contributed by atoms with Gasteiger partial charge in [-0.25, -0.2) is 0 Å². The Labute approximate surface area is 72.4 Å². The van der Waals surface area contributed by atoms with Gasteiger partial charge in [0.15, 0.2) is 0 Å². The molecule has 64 valence electrons. The molecule has 3 nitrogen and oxygen atoms in total. The first-order chi connectivity index (χ1) is 5.70. The lowest BCUT2D eigenvalue weighted by atomic mass is 10.4. The van der Waals surface area contributed by atoms with Gasteiger partial charge in [-0.2, -0.15) is 5.26 Å². The first-order valence-electron chi connectivity index (χ1n) is 4.06. The number of nitrogen functional groups attached to an aromatic ring is 1. The van der Waals surface area contributed by atoms with Crippen molar-refractivity contribution in [3.8, 4) is 6.07 Å². The van der Waals surface area contributed by atoms with Gasteiger partial charge >= 0.3 is 0 Å². The minimum absolute atomic E-state index is 0.659. The van der Waals surface area contributed by atoms with E-state index in [9.17, 15) is 0 Å². The highest BCUT2D eigenvalue weighted by Gasteiger charge is 2.07. The maximum atomic E-state index is 8.76. The Morgan fingerprint density at radius 2 is 2.33 bits per heavy atom. The van der Waals surface area contributed by atoms with E-state index in [1.54, 1.807) is 6.07 Å². The van der Waals surface area contributed by atoms with E-state index < -0.39 is 0 Å². The number of anilines is 1. The summed E-state index contributed by atoms with van der Waals surface area (Å²) in [5.74, 6) is 0. The average Bonchev–Trinajstić information content (AvgIpc) is 2.33. The molecule has 0 aliphatic rings. The largest absolute Gasteiger partial charge is 0.397 e. The number of hydrogen-bond donors (Lipinski definition) is 1. The molecule has 12 heavy (non-hydrogen) atoms. The van der Waals surface area contributed by atoms with Gasteiger partial charge in [0.05, 0.1) is 5.69 Å². The van der Waals surface area contributed by atoms with Gasteiger partial charge in [0.25, 0.3) is 0 Å². The molecule has 1 rings (SSSR count). The summed E-state index contributed by atoms with van der Waals surface area (Å²) in [7, 11) is 0. The summed E-state index contributed by atoms with van der Waals surface area (Å²) in [4.78, 5) is 0. The van der Waals surface area contributed by atoms with Gasteiger partial charge in [-0.15, -0.1) is 0 Å². The van der Waals surface area contributed by atoms with E-state index in [-0.39, 0.29) is 0 Å². The van der Waals surface area contributed by atoms with Gasteiger partial charge in [0.1, 0.15) is 11.8 Å². The van der Waals surface area contributed by atoms with Gasteiger partial charge in [-0.3, -0.25) is 0 Å². The number of nitrogens with zero attached hydrogens (tertiary/aromatic N) is 2. The highest BCUT2D eigenvalue weighted by molar-refractivity contribution is 5.49. The van der Waals surface area contributed by atoms with Crippen molar-refractivity contribution in [2.24, 2.45) is 0 Å². The van der Waals surface area contributed by atoms with Crippen LogP contribution in [0.25, 0.3) is 0 Å². The predicted molar refractivity (Wildman–Crippen MR) is 48.6 cm³/mol. The SMILES string of the molecule is CCCn1c(C#N)cc(N)c1C. The molecule has 0 aliphatic heterocycles. The minimum Gasteiger partial charge on any atom is -0.397 e. The third-order valence-electron chi connectivity index (χ3n) is 1.97. The van der Waals surface area contributed by atoms with Gasteiger partial charge in [0.2, 0.25) is 0 Å². The second-order valence-electron chi connectivity index (χ2n) is 2.83. The Hall–Kier alpha value is -1.43. The van der Waals surface area contributed by atoms with Gasteiger partial charge in [-0.1, -0.05) is 6.92 Å². The molecule has 0 bridgehead atoms. The van der Waals surface area contributed by atoms with E-state index in [4.69, 9.17) is 11.0 Å². The standard InChI is InChI=1S/C9H13N3/c1-3-4-12-7(2)9(11)5-8(12)6-10/h5H,3-4,11H2,1-2H3. The summed E-state index contributed by atoms with van der Waals surface area (Å²) >= 11 is 0. The number of rotatable bonds is 2. The van der Waals surface area contributed by atoms with Gasteiger partial charge in [0, 0.05) is 12.2 Å². The molecule has 0 unspecified atom stereocenters. The van der Waals surface area contributed by atoms with Crippen molar-refractivity contribution < 1.29 is 0 Å². The first kappa shape index (κ1) is 8.66. The smallest absolute Gasteiger partial charge is 0.122 e. The Balaban J connectivity index is 3.14. The van der Waals surface area contributed by atoms with Crippen molar-refractivity contribution in [2.45, 2.75) is 26.8 Å². The van der Waals surface area contributed by atoms with Gasteiger partial charge < -0.3 is 10.3 Å². The molecule has 0 saturated heterocycles. The van der Waals surface area contributed by atoms with E-state index >= 15 is 0 Å². The summed E-state index contributed by atoms with van der Waals surface area (Å²) < 4.78 is 1.95. The van der Waals surface area contributed by atoms with Crippen molar-refractivity contribution in [3.63, 3.8) is 0 Å². The zero-order chi connectivity index (χ0) is 9.14. The van der Waals surface area contributed by atoms with Crippen LogP contribution in [-0.4, -0.2) is 4.57 Å². The van der Waals surface area contributed by atoms with E-state index in [2.05, 4.69) is 13.0 Å². The molecule has 0 amide bonds. The zero-order valence-corrected chi connectivity index (χ0v) is 7.46. The molecular formula is C9H13N3. The summed E-state index contributed by atoms with van der Waals surface area (Å²) in [6.07, 6.45) is 1.02. The summed E-state index contributed by atoms with van der Waals surface area (Å²) in [6.45, 7) is 4.88. The molecule has 0 aromatic carbocycles. The fourth-order valence-electron chi connectivity index (χ4n) is 1.27.